The van der Waals surface area contributed by atoms with Gasteiger partial charge in [0.25, 0.3) is 0 Å². The van der Waals surface area contributed by atoms with Crippen LogP contribution in [0.1, 0.15) is 40.0 Å². The first-order valence-electron chi connectivity index (χ1n) is 13.2. The lowest BCUT2D eigenvalue weighted by Crippen LogP contribution is -2.71. The first-order chi connectivity index (χ1) is 18.0. The van der Waals surface area contributed by atoms with Crippen LogP contribution in [0.5, 0.6) is 0 Å². The molecule has 0 amide bonds. The van der Waals surface area contributed by atoms with E-state index in [1.807, 2.05) is 13.8 Å². The van der Waals surface area contributed by atoms with Crippen LogP contribution in [0.3, 0.4) is 0 Å². The van der Waals surface area contributed by atoms with Gasteiger partial charge in [0.1, 0.15) is 30.0 Å². The van der Waals surface area contributed by atoms with E-state index in [0.717, 1.165) is 0 Å². The highest BCUT2D eigenvalue weighted by atomic mass is 16.7. The van der Waals surface area contributed by atoms with Crippen LogP contribution in [0.2, 0.25) is 0 Å². The molecular weight excluding hydrogens is 500 g/mol. The van der Waals surface area contributed by atoms with Crippen LogP contribution in [-0.2, 0) is 42.8 Å². The first-order valence-corrected chi connectivity index (χ1v) is 13.2. The fourth-order valence-corrected chi connectivity index (χ4v) is 7.38. The Morgan fingerprint density at radius 2 is 1.66 bits per heavy atom. The summed E-state index contributed by atoms with van der Waals surface area (Å²) in [6.07, 6.45) is 1.58. The molecule has 38 heavy (non-hydrogen) atoms. The second kappa shape index (κ2) is 8.59. The number of allylic oxidation sites excluding steroid dienone is 2. The maximum Gasteiger partial charge on any atom is 0.335 e. The summed E-state index contributed by atoms with van der Waals surface area (Å²) in [6, 6.07) is 0. The highest BCUT2D eigenvalue weighted by molar-refractivity contribution is 5.84. The Hall–Kier alpha value is -2.31. The molecule has 11 heteroatoms. The Bertz CT molecular complexity index is 1100. The van der Waals surface area contributed by atoms with E-state index in [1.165, 1.54) is 24.3 Å². The molecule has 2 aliphatic carbocycles. The van der Waals surface area contributed by atoms with Gasteiger partial charge in [-0.3, -0.25) is 0 Å². The largest absolute Gasteiger partial charge is 0.463 e. The third-order valence-corrected chi connectivity index (χ3v) is 10.1. The van der Waals surface area contributed by atoms with Crippen molar-refractivity contribution < 1.29 is 53.0 Å². The smallest absolute Gasteiger partial charge is 0.335 e. The van der Waals surface area contributed by atoms with Crippen molar-refractivity contribution in [1.29, 1.82) is 0 Å². The number of cyclic esters (lactones) is 2. The van der Waals surface area contributed by atoms with Crippen LogP contribution in [-0.4, -0.2) is 95.8 Å². The van der Waals surface area contributed by atoms with Crippen molar-refractivity contribution in [2.45, 2.75) is 87.9 Å². The molecule has 0 aromatic carbocycles. The number of rotatable bonds is 0. The summed E-state index contributed by atoms with van der Waals surface area (Å²) in [6.45, 7) is 5.64. The maximum absolute atomic E-state index is 13.0. The number of hydrogen-bond acceptors (Lipinski definition) is 11. The summed E-state index contributed by atoms with van der Waals surface area (Å²) in [5.74, 6) is -2.60. The van der Waals surface area contributed by atoms with Crippen molar-refractivity contribution in [3.63, 3.8) is 0 Å². The highest BCUT2D eigenvalue weighted by Crippen LogP contribution is 2.75. The number of aliphatic hydroxyl groups is 2. The Kier molecular flexibility index (Phi) is 5.87. The number of ether oxygens (including phenoxy) is 6. The minimum atomic E-state index is -1.45. The number of aliphatic hydroxyl groups excluding tert-OH is 2. The standard InChI is InChI=1S/C27H34O11/c1-14-8-9-33-18(29)6-4-5-7-19(30)36-16-10-17-27(13-35-27)25(16,3)26(12-34-23(32)20(14)31)11-15(28)24(2)21(38-24)22(26)37-17/h4-7,14-17,20-22,28,31H,8-13H2,1-3H3/b6-4+,7-5-/t14-,15+,16-,17-,20-,21-,22+,24-,25+,26+,27-/m1/s1. The highest BCUT2D eigenvalue weighted by Gasteiger charge is 2.87. The Morgan fingerprint density at radius 1 is 0.947 bits per heavy atom. The van der Waals surface area contributed by atoms with Crippen LogP contribution in [0, 0.1) is 16.7 Å². The van der Waals surface area contributed by atoms with E-state index in [1.54, 1.807) is 6.92 Å². The van der Waals surface area contributed by atoms with Crippen LogP contribution < -0.4 is 0 Å². The molecule has 2 spiro atoms. The van der Waals surface area contributed by atoms with Crippen molar-refractivity contribution in [2.24, 2.45) is 16.7 Å². The molecule has 5 fully saturated rings. The quantitative estimate of drug-likeness (QED) is 0.251. The third kappa shape index (κ3) is 3.48. The topological polar surface area (TPSA) is 154 Å². The number of carbonyl (C=O) groups excluding carboxylic acids is 3. The molecule has 0 unspecified atom stereocenters. The van der Waals surface area contributed by atoms with E-state index in [4.69, 9.17) is 28.4 Å². The molecule has 0 aromatic heterocycles. The molecular formula is C27H34O11. The average molecular weight is 535 g/mol. The van der Waals surface area contributed by atoms with Gasteiger partial charge in [0, 0.05) is 24.0 Å². The number of epoxide rings is 2. The minimum absolute atomic E-state index is 0.00885. The lowest BCUT2D eigenvalue weighted by molar-refractivity contribution is -0.261. The van der Waals surface area contributed by atoms with Gasteiger partial charge in [0.05, 0.1) is 36.9 Å². The number of hydrogen-bond donors (Lipinski definition) is 2. The molecule has 6 rings (SSSR count). The molecule has 3 saturated heterocycles. The summed E-state index contributed by atoms with van der Waals surface area (Å²) in [5, 5.41) is 21.9. The van der Waals surface area contributed by atoms with E-state index < -0.39 is 76.4 Å². The molecule has 2 N–H and O–H groups in total. The molecule has 4 aliphatic heterocycles. The maximum atomic E-state index is 13.0. The van der Waals surface area contributed by atoms with Crippen molar-refractivity contribution in [3.05, 3.63) is 24.3 Å². The number of esters is 3. The normalized spacial score (nSPS) is 53.8. The summed E-state index contributed by atoms with van der Waals surface area (Å²) >= 11 is 0. The lowest BCUT2D eigenvalue weighted by Gasteiger charge is -2.59. The van der Waals surface area contributed by atoms with E-state index in [-0.39, 0.29) is 32.2 Å². The van der Waals surface area contributed by atoms with Crippen molar-refractivity contribution >= 4 is 17.9 Å². The summed E-state index contributed by atoms with van der Waals surface area (Å²) < 4.78 is 35.5. The number of fused-ring (bicyclic) bond motifs is 2. The minimum Gasteiger partial charge on any atom is -0.463 e. The van der Waals surface area contributed by atoms with Gasteiger partial charge >= 0.3 is 17.9 Å². The van der Waals surface area contributed by atoms with E-state index in [0.29, 0.717) is 13.0 Å². The zero-order valence-electron chi connectivity index (χ0n) is 21.7. The van der Waals surface area contributed by atoms with Gasteiger partial charge in [-0.15, -0.1) is 0 Å². The van der Waals surface area contributed by atoms with Crippen molar-refractivity contribution in [3.8, 4) is 0 Å². The average Bonchev–Trinajstić information content (AvgIpc) is 3.78. The Morgan fingerprint density at radius 3 is 2.37 bits per heavy atom. The van der Waals surface area contributed by atoms with Gasteiger partial charge in [-0.25, -0.2) is 14.4 Å². The zero-order valence-corrected chi connectivity index (χ0v) is 21.7. The zero-order chi connectivity index (χ0) is 27.1. The van der Waals surface area contributed by atoms with Gasteiger partial charge in [0.2, 0.25) is 0 Å². The second-order valence-corrected chi connectivity index (χ2v) is 11.9. The predicted molar refractivity (Wildman–Crippen MR) is 126 cm³/mol. The molecule has 11 atom stereocenters. The third-order valence-electron chi connectivity index (χ3n) is 10.1. The van der Waals surface area contributed by atoms with Crippen LogP contribution in [0.25, 0.3) is 0 Å². The Labute approximate surface area is 220 Å². The van der Waals surface area contributed by atoms with E-state index in [9.17, 15) is 24.6 Å². The van der Waals surface area contributed by atoms with Gasteiger partial charge in [-0.1, -0.05) is 26.0 Å². The first kappa shape index (κ1) is 25.9. The Balaban J connectivity index is 1.39. The van der Waals surface area contributed by atoms with Crippen molar-refractivity contribution in [2.75, 3.05) is 19.8 Å². The van der Waals surface area contributed by atoms with Crippen LogP contribution in [0.4, 0.5) is 0 Å². The summed E-state index contributed by atoms with van der Waals surface area (Å²) in [5.41, 5.74) is -3.47. The lowest BCUT2D eigenvalue weighted by atomic mass is 9.49. The fourth-order valence-electron chi connectivity index (χ4n) is 7.38. The summed E-state index contributed by atoms with van der Waals surface area (Å²) in [7, 11) is 0. The SMILES string of the molecule is C[C@@H]1CCOC(=O)/C=C/C=C\C(=O)O[C@@H]2C[C@H]3O[C@H]4[C@H]5O[C@]5(C)[C@@H](O)C[C@@]4(COC(=O)[C@@H]1O)[C@@]2(C)[C@@]31CO1. The molecule has 2 bridgehead atoms. The fraction of sp³-hybridized carbons (Fsp3) is 0.741. The van der Waals surface area contributed by atoms with Gasteiger partial charge in [-0.2, -0.15) is 0 Å². The molecule has 6 aliphatic rings. The molecule has 2 saturated carbocycles. The monoisotopic (exact) mass is 534 g/mol. The molecule has 0 aromatic rings. The van der Waals surface area contributed by atoms with E-state index >= 15 is 0 Å². The molecule has 0 radical (unpaired) electrons. The summed E-state index contributed by atoms with van der Waals surface area (Å²) in [4.78, 5) is 37.8. The number of carbonyl (C=O) groups is 3. The van der Waals surface area contributed by atoms with Crippen molar-refractivity contribution in [1.82, 2.24) is 0 Å². The molecule has 4 heterocycles. The van der Waals surface area contributed by atoms with Crippen LogP contribution in [0.15, 0.2) is 24.3 Å². The van der Waals surface area contributed by atoms with Gasteiger partial charge in [-0.05, 0) is 25.7 Å². The second-order valence-electron chi connectivity index (χ2n) is 11.9. The van der Waals surface area contributed by atoms with E-state index in [2.05, 4.69) is 0 Å². The molecule has 208 valence electrons. The van der Waals surface area contributed by atoms with Gasteiger partial charge < -0.3 is 38.6 Å². The predicted octanol–water partition coefficient (Wildman–Crippen LogP) is 0.353. The van der Waals surface area contributed by atoms with Crippen LogP contribution >= 0.6 is 0 Å². The van der Waals surface area contributed by atoms with Gasteiger partial charge in [0.15, 0.2) is 6.10 Å². The molecule has 11 nitrogen and oxygen atoms in total.